The van der Waals surface area contributed by atoms with Crippen LogP contribution in [0.1, 0.15) is 30.9 Å². The molecule has 0 spiro atoms. The Labute approximate surface area is 106 Å². The average molecular weight is 288 g/mol. The third-order valence-electron chi connectivity index (χ3n) is 2.70. The van der Waals surface area contributed by atoms with Crippen molar-refractivity contribution in [2.24, 2.45) is 0 Å². The molecule has 1 rings (SSSR count). The summed E-state index contributed by atoms with van der Waals surface area (Å²) >= 11 is 3.60. The Hall–Kier alpha value is -0.410. The Morgan fingerprint density at radius 3 is 2.81 bits per heavy atom. The summed E-state index contributed by atoms with van der Waals surface area (Å²) in [5, 5.41) is 3.37. The van der Waals surface area contributed by atoms with Crippen LogP contribution < -0.4 is 5.32 Å². The van der Waals surface area contributed by atoms with Gasteiger partial charge in [-0.3, -0.25) is 0 Å². The van der Waals surface area contributed by atoms with E-state index in [0.717, 1.165) is 31.5 Å². The zero-order valence-electron chi connectivity index (χ0n) is 9.89. The van der Waals surface area contributed by atoms with E-state index in [2.05, 4.69) is 28.2 Å². The molecule has 0 aliphatic carbocycles. The number of alkyl halides is 1. The fraction of sp³-hybridized carbons (Fsp3) is 0.538. The largest absolute Gasteiger partial charge is 0.313 e. The SMILES string of the molecule is CCC(Br)CCNCc1ccc(F)cc1C. The first-order valence-electron chi connectivity index (χ1n) is 5.73. The van der Waals surface area contributed by atoms with Crippen LogP contribution in [0.2, 0.25) is 0 Å². The number of hydrogen-bond acceptors (Lipinski definition) is 1. The minimum atomic E-state index is -0.159. The smallest absolute Gasteiger partial charge is 0.123 e. The predicted octanol–water partition coefficient (Wildman–Crippen LogP) is 3.79. The summed E-state index contributed by atoms with van der Waals surface area (Å²) in [6, 6.07) is 4.95. The van der Waals surface area contributed by atoms with E-state index in [4.69, 9.17) is 0 Å². The van der Waals surface area contributed by atoms with E-state index in [-0.39, 0.29) is 5.82 Å². The average Bonchev–Trinajstić information content (AvgIpc) is 2.26. The van der Waals surface area contributed by atoms with Crippen LogP contribution in [0.4, 0.5) is 4.39 Å². The van der Waals surface area contributed by atoms with E-state index in [9.17, 15) is 4.39 Å². The summed E-state index contributed by atoms with van der Waals surface area (Å²) < 4.78 is 12.9. The molecule has 0 amide bonds. The minimum Gasteiger partial charge on any atom is -0.313 e. The lowest BCUT2D eigenvalue weighted by Crippen LogP contribution is -2.18. The van der Waals surface area contributed by atoms with Gasteiger partial charge in [0.1, 0.15) is 5.82 Å². The highest BCUT2D eigenvalue weighted by molar-refractivity contribution is 9.09. The van der Waals surface area contributed by atoms with Crippen molar-refractivity contribution in [3.05, 3.63) is 35.1 Å². The standard InChI is InChI=1S/C13H19BrFN/c1-3-12(14)6-7-16-9-11-4-5-13(15)8-10(11)2/h4-5,8,12,16H,3,6-7,9H2,1-2H3. The van der Waals surface area contributed by atoms with E-state index in [1.54, 1.807) is 6.07 Å². The van der Waals surface area contributed by atoms with Crippen molar-refractivity contribution in [3.8, 4) is 0 Å². The molecule has 16 heavy (non-hydrogen) atoms. The first-order valence-corrected chi connectivity index (χ1v) is 6.65. The van der Waals surface area contributed by atoms with E-state index in [0.29, 0.717) is 4.83 Å². The molecule has 3 heteroatoms. The fourth-order valence-electron chi connectivity index (χ4n) is 1.54. The van der Waals surface area contributed by atoms with Crippen molar-refractivity contribution in [3.63, 3.8) is 0 Å². The second kappa shape index (κ2) is 7.02. The van der Waals surface area contributed by atoms with Gasteiger partial charge in [0, 0.05) is 11.4 Å². The van der Waals surface area contributed by atoms with Crippen molar-refractivity contribution in [2.45, 2.75) is 38.1 Å². The number of halogens is 2. The van der Waals surface area contributed by atoms with Gasteiger partial charge in [-0.25, -0.2) is 4.39 Å². The van der Waals surface area contributed by atoms with Gasteiger partial charge in [0.2, 0.25) is 0 Å². The Morgan fingerprint density at radius 2 is 2.19 bits per heavy atom. The van der Waals surface area contributed by atoms with Crippen LogP contribution in [-0.2, 0) is 6.54 Å². The molecule has 0 bridgehead atoms. The Bertz CT molecular complexity index is 328. The number of nitrogens with one attached hydrogen (secondary N) is 1. The monoisotopic (exact) mass is 287 g/mol. The molecule has 90 valence electrons. The topological polar surface area (TPSA) is 12.0 Å². The van der Waals surface area contributed by atoms with Gasteiger partial charge < -0.3 is 5.32 Å². The molecule has 0 aliphatic rings. The maximum absolute atomic E-state index is 12.9. The second-order valence-electron chi connectivity index (χ2n) is 4.04. The Morgan fingerprint density at radius 1 is 1.44 bits per heavy atom. The molecule has 1 unspecified atom stereocenters. The molecule has 0 fully saturated rings. The normalized spacial score (nSPS) is 12.8. The molecule has 1 aromatic carbocycles. The first-order chi connectivity index (χ1) is 7.63. The highest BCUT2D eigenvalue weighted by Gasteiger charge is 2.02. The van der Waals surface area contributed by atoms with Crippen molar-refractivity contribution in [2.75, 3.05) is 6.54 Å². The van der Waals surface area contributed by atoms with Gasteiger partial charge in [0.25, 0.3) is 0 Å². The van der Waals surface area contributed by atoms with Crippen LogP contribution in [0.15, 0.2) is 18.2 Å². The molecule has 0 saturated carbocycles. The van der Waals surface area contributed by atoms with Crippen molar-refractivity contribution < 1.29 is 4.39 Å². The number of rotatable bonds is 6. The maximum Gasteiger partial charge on any atom is 0.123 e. The van der Waals surface area contributed by atoms with Crippen LogP contribution in [0.5, 0.6) is 0 Å². The summed E-state index contributed by atoms with van der Waals surface area (Å²) in [6.07, 6.45) is 2.27. The summed E-state index contributed by atoms with van der Waals surface area (Å²) in [7, 11) is 0. The van der Waals surface area contributed by atoms with Gasteiger partial charge in [-0.1, -0.05) is 28.9 Å². The molecule has 1 atom stereocenters. The molecule has 0 radical (unpaired) electrons. The molecular formula is C13H19BrFN. The Balaban J connectivity index is 2.32. The summed E-state index contributed by atoms with van der Waals surface area (Å²) in [5.74, 6) is -0.159. The molecular weight excluding hydrogens is 269 g/mol. The van der Waals surface area contributed by atoms with Crippen molar-refractivity contribution in [1.82, 2.24) is 5.32 Å². The number of hydrogen-bond donors (Lipinski definition) is 1. The highest BCUT2D eigenvalue weighted by atomic mass is 79.9. The predicted molar refractivity (Wildman–Crippen MR) is 70.5 cm³/mol. The van der Waals surface area contributed by atoms with Gasteiger partial charge in [-0.15, -0.1) is 0 Å². The quantitative estimate of drug-likeness (QED) is 0.620. The lowest BCUT2D eigenvalue weighted by Gasteiger charge is -2.09. The summed E-state index contributed by atoms with van der Waals surface area (Å²) in [4.78, 5) is 0.592. The highest BCUT2D eigenvalue weighted by Crippen LogP contribution is 2.11. The zero-order chi connectivity index (χ0) is 12.0. The molecule has 0 heterocycles. The van der Waals surface area contributed by atoms with Crippen LogP contribution in [0, 0.1) is 12.7 Å². The van der Waals surface area contributed by atoms with E-state index in [1.165, 1.54) is 11.6 Å². The van der Waals surface area contributed by atoms with E-state index < -0.39 is 0 Å². The second-order valence-corrected chi connectivity index (χ2v) is 5.34. The summed E-state index contributed by atoms with van der Waals surface area (Å²) in [6.45, 7) is 5.92. The Kier molecular flexibility index (Phi) is 5.99. The van der Waals surface area contributed by atoms with E-state index in [1.807, 2.05) is 13.0 Å². The van der Waals surface area contributed by atoms with Crippen LogP contribution in [-0.4, -0.2) is 11.4 Å². The molecule has 1 N–H and O–H groups in total. The van der Waals surface area contributed by atoms with Gasteiger partial charge in [0.15, 0.2) is 0 Å². The first kappa shape index (κ1) is 13.7. The lowest BCUT2D eigenvalue weighted by molar-refractivity contribution is 0.616. The summed E-state index contributed by atoms with van der Waals surface area (Å²) in [5.41, 5.74) is 2.18. The number of benzene rings is 1. The molecule has 1 aromatic rings. The van der Waals surface area contributed by atoms with Crippen molar-refractivity contribution >= 4 is 15.9 Å². The van der Waals surface area contributed by atoms with Gasteiger partial charge in [-0.05, 0) is 49.6 Å². The molecule has 0 aliphatic heterocycles. The molecule has 1 nitrogen and oxygen atoms in total. The van der Waals surface area contributed by atoms with Crippen molar-refractivity contribution in [1.29, 1.82) is 0 Å². The van der Waals surface area contributed by atoms with Gasteiger partial charge in [0.05, 0.1) is 0 Å². The number of aryl methyl sites for hydroxylation is 1. The van der Waals surface area contributed by atoms with Crippen LogP contribution >= 0.6 is 15.9 Å². The van der Waals surface area contributed by atoms with E-state index >= 15 is 0 Å². The molecule has 0 aromatic heterocycles. The van der Waals surface area contributed by atoms with Gasteiger partial charge in [-0.2, -0.15) is 0 Å². The van der Waals surface area contributed by atoms with Crippen LogP contribution in [0.3, 0.4) is 0 Å². The molecule has 0 saturated heterocycles. The third kappa shape index (κ3) is 4.62. The lowest BCUT2D eigenvalue weighted by atomic mass is 10.1. The fourth-order valence-corrected chi connectivity index (χ4v) is 1.77. The third-order valence-corrected chi connectivity index (χ3v) is 3.80. The maximum atomic E-state index is 12.9. The zero-order valence-corrected chi connectivity index (χ0v) is 11.5. The van der Waals surface area contributed by atoms with Crippen LogP contribution in [0.25, 0.3) is 0 Å². The minimum absolute atomic E-state index is 0.159. The van der Waals surface area contributed by atoms with Gasteiger partial charge >= 0.3 is 0 Å².